The summed E-state index contributed by atoms with van der Waals surface area (Å²) in [5.41, 5.74) is 7.97. The molecule has 0 atom stereocenters. The fourth-order valence-electron chi connectivity index (χ4n) is 1.71. The molecule has 0 aliphatic carbocycles. The number of hydrogen-bond acceptors (Lipinski definition) is 3. The average Bonchev–Trinajstić information content (AvgIpc) is 2.36. The van der Waals surface area contributed by atoms with Gasteiger partial charge in [0, 0.05) is 12.2 Å². The van der Waals surface area contributed by atoms with Gasteiger partial charge in [0.1, 0.15) is 0 Å². The molecular formula is C14H22N2OS. The Morgan fingerprint density at radius 2 is 2.11 bits per heavy atom. The third-order valence-electron chi connectivity index (χ3n) is 2.76. The second-order valence-corrected chi connectivity index (χ2v) is 5.39. The van der Waals surface area contributed by atoms with Gasteiger partial charge in [-0.3, -0.25) is 4.79 Å². The number of amides is 1. The van der Waals surface area contributed by atoms with E-state index in [1.807, 2.05) is 30.8 Å². The molecule has 0 bridgehead atoms. The van der Waals surface area contributed by atoms with Crippen molar-refractivity contribution in [1.82, 2.24) is 5.32 Å². The van der Waals surface area contributed by atoms with Gasteiger partial charge in [0.15, 0.2) is 0 Å². The van der Waals surface area contributed by atoms with Crippen LogP contribution >= 0.6 is 11.8 Å². The van der Waals surface area contributed by atoms with Crippen molar-refractivity contribution in [3.63, 3.8) is 0 Å². The van der Waals surface area contributed by atoms with E-state index in [1.165, 1.54) is 12.2 Å². The largest absolute Gasteiger partial charge is 0.398 e. The smallest absolute Gasteiger partial charge is 0.253 e. The molecule has 0 radical (unpaired) electrons. The van der Waals surface area contributed by atoms with Crippen LogP contribution in [0.5, 0.6) is 0 Å². The second-order valence-electron chi connectivity index (χ2n) is 4.40. The molecule has 0 heterocycles. The van der Waals surface area contributed by atoms with Crippen molar-refractivity contribution in [1.29, 1.82) is 0 Å². The number of nitrogens with two attached hydrogens (primary N) is 1. The van der Waals surface area contributed by atoms with Crippen molar-refractivity contribution in [3.05, 3.63) is 29.3 Å². The Bertz CT molecular complexity index is 393. The summed E-state index contributed by atoms with van der Waals surface area (Å²) in [5, 5.41) is 2.92. The van der Waals surface area contributed by atoms with E-state index in [0.29, 0.717) is 11.3 Å². The molecule has 0 saturated carbocycles. The van der Waals surface area contributed by atoms with Crippen LogP contribution in [0.3, 0.4) is 0 Å². The molecule has 1 amide bonds. The topological polar surface area (TPSA) is 55.1 Å². The van der Waals surface area contributed by atoms with Gasteiger partial charge >= 0.3 is 0 Å². The van der Waals surface area contributed by atoms with E-state index in [4.69, 9.17) is 5.73 Å². The van der Waals surface area contributed by atoms with Gasteiger partial charge < -0.3 is 11.1 Å². The first kappa shape index (κ1) is 14.9. The molecule has 0 saturated heterocycles. The molecule has 1 aromatic carbocycles. The minimum Gasteiger partial charge on any atom is -0.398 e. The van der Waals surface area contributed by atoms with Gasteiger partial charge in [-0.05, 0) is 43.9 Å². The molecule has 100 valence electrons. The van der Waals surface area contributed by atoms with Crippen LogP contribution in [0.2, 0.25) is 0 Å². The summed E-state index contributed by atoms with van der Waals surface area (Å²) in [4.78, 5) is 11.9. The van der Waals surface area contributed by atoms with Crippen molar-refractivity contribution in [2.24, 2.45) is 0 Å². The summed E-state index contributed by atoms with van der Waals surface area (Å²) in [6, 6.07) is 5.52. The first-order chi connectivity index (χ1) is 8.65. The Morgan fingerprint density at radius 3 is 2.83 bits per heavy atom. The Balaban J connectivity index is 2.34. The summed E-state index contributed by atoms with van der Waals surface area (Å²) < 4.78 is 0. The molecule has 0 aliphatic heterocycles. The van der Waals surface area contributed by atoms with E-state index in [-0.39, 0.29) is 5.91 Å². The molecule has 1 aromatic rings. The lowest BCUT2D eigenvalue weighted by molar-refractivity contribution is 0.0954. The zero-order chi connectivity index (χ0) is 13.4. The Kier molecular flexibility index (Phi) is 6.65. The molecule has 0 spiro atoms. The number of benzene rings is 1. The molecule has 3 nitrogen and oxygen atoms in total. The van der Waals surface area contributed by atoms with Crippen LogP contribution in [-0.2, 0) is 0 Å². The third-order valence-corrected chi connectivity index (χ3v) is 3.46. The van der Waals surface area contributed by atoms with E-state index in [9.17, 15) is 4.79 Å². The first-order valence-electron chi connectivity index (χ1n) is 6.28. The molecule has 1 rings (SSSR count). The second kappa shape index (κ2) is 8.03. The van der Waals surface area contributed by atoms with Crippen LogP contribution in [0.25, 0.3) is 0 Å². The molecular weight excluding hydrogens is 244 g/mol. The van der Waals surface area contributed by atoms with Gasteiger partial charge in [0.2, 0.25) is 0 Å². The highest BCUT2D eigenvalue weighted by molar-refractivity contribution is 7.98. The Morgan fingerprint density at radius 1 is 1.33 bits per heavy atom. The lowest BCUT2D eigenvalue weighted by Gasteiger charge is -2.08. The van der Waals surface area contributed by atoms with E-state index in [2.05, 4.69) is 11.6 Å². The van der Waals surface area contributed by atoms with Crippen LogP contribution in [-0.4, -0.2) is 24.5 Å². The minimum absolute atomic E-state index is 0.0685. The number of carbonyl (C=O) groups excluding carboxylic acids is 1. The van der Waals surface area contributed by atoms with Gasteiger partial charge in [-0.15, -0.1) is 0 Å². The molecule has 4 heteroatoms. The predicted octanol–water partition coefficient (Wildman–Crippen LogP) is 2.84. The highest BCUT2D eigenvalue weighted by atomic mass is 32.2. The zero-order valence-corrected chi connectivity index (χ0v) is 12.0. The zero-order valence-electron chi connectivity index (χ0n) is 11.2. The normalized spacial score (nSPS) is 10.3. The van der Waals surface area contributed by atoms with Gasteiger partial charge in [0.05, 0.1) is 5.56 Å². The maximum absolute atomic E-state index is 11.9. The predicted molar refractivity (Wildman–Crippen MR) is 80.2 cm³/mol. The van der Waals surface area contributed by atoms with E-state index < -0.39 is 0 Å². The summed E-state index contributed by atoms with van der Waals surface area (Å²) >= 11 is 1.86. The fraction of sp³-hybridized carbons (Fsp3) is 0.500. The number of thioether (sulfide) groups is 1. The Hall–Kier alpha value is -1.16. The standard InChI is InChI=1S/C14H22N2OS/c1-11-6-7-13(15)12(10-11)14(17)16-8-4-3-5-9-18-2/h6-7,10H,3-5,8-9,15H2,1-2H3,(H,16,17). The number of rotatable bonds is 7. The summed E-state index contributed by atoms with van der Waals surface area (Å²) in [6.07, 6.45) is 5.51. The van der Waals surface area contributed by atoms with Crippen LogP contribution < -0.4 is 11.1 Å². The van der Waals surface area contributed by atoms with E-state index in [1.54, 1.807) is 6.07 Å². The lowest BCUT2D eigenvalue weighted by Crippen LogP contribution is -2.25. The number of hydrogen-bond donors (Lipinski definition) is 2. The van der Waals surface area contributed by atoms with Crippen molar-refractivity contribution in [2.75, 3.05) is 24.3 Å². The van der Waals surface area contributed by atoms with Crippen LogP contribution in [0.4, 0.5) is 5.69 Å². The van der Waals surface area contributed by atoms with Crippen LogP contribution in [0.15, 0.2) is 18.2 Å². The number of nitrogen functional groups attached to an aromatic ring is 1. The average molecular weight is 266 g/mol. The molecule has 3 N–H and O–H groups in total. The lowest BCUT2D eigenvalue weighted by atomic mass is 10.1. The van der Waals surface area contributed by atoms with E-state index in [0.717, 1.165) is 24.9 Å². The number of nitrogens with one attached hydrogen (secondary N) is 1. The van der Waals surface area contributed by atoms with Crippen molar-refractivity contribution in [3.8, 4) is 0 Å². The number of unbranched alkanes of at least 4 members (excludes halogenated alkanes) is 2. The molecule has 0 fully saturated rings. The van der Waals surface area contributed by atoms with Gasteiger partial charge in [-0.2, -0.15) is 11.8 Å². The van der Waals surface area contributed by atoms with Gasteiger partial charge in [-0.25, -0.2) is 0 Å². The quantitative estimate of drug-likeness (QED) is 0.589. The maximum Gasteiger partial charge on any atom is 0.253 e. The van der Waals surface area contributed by atoms with Crippen molar-refractivity contribution >= 4 is 23.4 Å². The molecule has 0 unspecified atom stereocenters. The van der Waals surface area contributed by atoms with Crippen molar-refractivity contribution in [2.45, 2.75) is 26.2 Å². The maximum atomic E-state index is 11.9. The monoisotopic (exact) mass is 266 g/mol. The summed E-state index contributed by atoms with van der Waals surface area (Å²) in [7, 11) is 0. The fourth-order valence-corrected chi connectivity index (χ4v) is 2.20. The summed E-state index contributed by atoms with van der Waals surface area (Å²) in [5.74, 6) is 1.12. The van der Waals surface area contributed by atoms with Gasteiger partial charge in [0.25, 0.3) is 5.91 Å². The number of aryl methyl sites for hydroxylation is 1. The molecule has 0 aliphatic rings. The highest BCUT2D eigenvalue weighted by Crippen LogP contribution is 2.13. The SMILES string of the molecule is CSCCCCCNC(=O)c1cc(C)ccc1N. The first-order valence-corrected chi connectivity index (χ1v) is 7.68. The highest BCUT2D eigenvalue weighted by Gasteiger charge is 2.08. The minimum atomic E-state index is -0.0685. The number of anilines is 1. The van der Waals surface area contributed by atoms with Gasteiger partial charge in [-0.1, -0.05) is 18.1 Å². The van der Waals surface area contributed by atoms with Crippen molar-refractivity contribution < 1.29 is 4.79 Å². The van der Waals surface area contributed by atoms with Crippen LogP contribution in [0, 0.1) is 6.92 Å². The third kappa shape index (κ3) is 5.00. The molecule has 18 heavy (non-hydrogen) atoms. The molecule has 0 aromatic heterocycles. The van der Waals surface area contributed by atoms with Crippen LogP contribution in [0.1, 0.15) is 35.2 Å². The summed E-state index contributed by atoms with van der Waals surface area (Å²) in [6.45, 7) is 2.68. The number of carbonyl (C=O) groups is 1. The van der Waals surface area contributed by atoms with E-state index >= 15 is 0 Å². The Labute approximate surface area is 114 Å².